The number of carbonyl (C=O) groups is 3. The van der Waals surface area contributed by atoms with Crippen LogP contribution in [0.2, 0.25) is 5.02 Å². The third kappa shape index (κ3) is 6.85. The third-order valence-electron chi connectivity index (χ3n) is 9.81. The van der Waals surface area contributed by atoms with Crippen LogP contribution < -0.4 is 16.0 Å². The summed E-state index contributed by atoms with van der Waals surface area (Å²) in [5.74, 6) is 2.35. The number of amides is 3. The Kier molecular flexibility index (Phi) is 9.77. The second-order valence-electron chi connectivity index (χ2n) is 12.8. The Bertz CT molecular complexity index is 1970. The van der Waals surface area contributed by atoms with Crippen molar-refractivity contribution in [2.45, 2.75) is 19.3 Å². The van der Waals surface area contributed by atoms with Crippen LogP contribution in [0, 0.1) is 28.6 Å². The van der Waals surface area contributed by atoms with Crippen LogP contribution in [0.25, 0.3) is 5.57 Å². The molecule has 0 bridgehead atoms. The van der Waals surface area contributed by atoms with E-state index >= 15 is 0 Å². The zero-order chi connectivity index (χ0) is 35.6. The number of alkyl carbamates (subject to hydrolysis) is 1. The predicted molar refractivity (Wildman–Crippen MR) is 195 cm³/mol. The van der Waals surface area contributed by atoms with Gasteiger partial charge in [-0.2, -0.15) is 0 Å². The molecule has 0 aliphatic carbocycles. The first-order chi connectivity index (χ1) is 24.0. The summed E-state index contributed by atoms with van der Waals surface area (Å²) in [5.41, 5.74) is 11.2. The number of hydrogen-bond donors (Lipinski definition) is 4. The van der Waals surface area contributed by atoms with Crippen LogP contribution in [-0.2, 0) is 14.3 Å². The minimum atomic E-state index is -0.693. The minimum absolute atomic E-state index is 0.0306. The van der Waals surface area contributed by atoms with E-state index in [2.05, 4.69) is 16.1 Å². The molecule has 3 amide bonds. The van der Waals surface area contributed by atoms with Crippen molar-refractivity contribution in [1.29, 1.82) is 10.8 Å². The number of carbonyl (C=O) groups excluding carboxylic acids is 3. The lowest BCUT2D eigenvalue weighted by atomic mass is 9.85. The summed E-state index contributed by atoms with van der Waals surface area (Å²) >= 11 is 6.30. The molecule has 0 saturated carbocycles. The number of benzene rings is 3. The molecule has 3 heterocycles. The second-order valence-corrected chi connectivity index (χ2v) is 13.2. The summed E-state index contributed by atoms with van der Waals surface area (Å²) < 4.78 is 4.90. The van der Waals surface area contributed by atoms with Gasteiger partial charge in [-0.1, -0.05) is 41.8 Å². The van der Waals surface area contributed by atoms with Gasteiger partial charge in [-0.05, 0) is 79.4 Å². The van der Waals surface area contributed by atoms with Crippen molar-refractivity contribution >= 4 is 58.1 Å². The molecule has 3 aliphatic rings. The van der Waals surface area contributed by atoms with E-state index in [0.29, 0.717) is 90.6 Å². The van der Waals surface area contributed by atoms with Gasteiger partial charge in [0.05, 0.1) is 22.7 Å². The molecular weight excluding hydrogens is 654 g/mol. The number of halogens is 1. The number of terminal acetylenes is 1. The van der Waals surface area contributed by atoms with Gasteiger partial charge in [-0.15, -0.1) is 6.42 Å². The molecule has 6 rings (SSSR count). The van der Waals surface area contributed by atoms with Crippen molar-refractivity contribution in [2.75, 3.05) is 56.9 Å². The molecule has 3 aliphatic heterocycles. The van der Waals surface area contributed by atoms with Crippen molar-refractivity contribution < 1.29 is 19.1 Å². The number of nitrogens with one attached hydrogen (secondary N) is 3. The Morgan fingerprint density at radius 1 is 1.04 bits per heavy atom. The van der Waals surface area contributed by atoms with Crippen molar-refractivity contribution in [3.63, 3.8) is 0 Å². The lowest BCUT2D eigenvalue weighted by Gasteiger charge is -2.29. The van der Waals surface area contributed by atoms with E-state index in [1.807, 2.05) is 29.2 Å². The van der Waals surface area contributed by atoms with Gasteiger partial charge in [0.25, 0.3) is 0 Å². The molecule has 2 fully saturated rings. The summed E-state index contributed by atoms with van der Waals surface area (Å²) in [5, 5.41) is 19.5. The van der Waals surface area contributed by atoms with Crippen molar-refractivity contribution in [3.8, 4) is 12.3 Å². The summed E-state index contributed by atoms with van der Waals surface area (Å²) in [4.78, 5) is 44.4. The number of nitrogens with zero attached hydrogens (tertiary/aromatic N) is 3. The fourth-order valence-corrected chi connectivity index (χ4v) is 7.13. The molecule has 256 valence electrons. The first-order valence-corrected chi connectivity index (χ1v) is 16.7. The Hall–Kier alpha value is -5.44. The monoisotopic (exact) mass is 691 g/mol. The average molecular weight is 692 g/mol. The number of anilines is 2. The Morgan fingerprint density at radius 3 is 2.46 bits per heavy atom. The van der Waals surface area contributed by atoms with E-state index in [4.69, 9.17) is 39.3 Å². The van der Waals surface area contributed by atoms with Crippen LogP contribution in [-0.4, -0.2) is 85.6 Å². The van der Waals surface area contributed by atoms with Crippen LogP contribution >= 0.6 is 11.6 Å². The van der Waals surface area contributed by atoms with Gasteiger partial charge in [-0.3, -0.25) is 25.3 Å². The van der Waals surface area contributed by atoms with Crippen molar-refractivity contribution in [2.24, 2.45) is 5.41 Å². The van der Waals surface area contributed by atoms with E-state index in [9.17, 15) is 14.4 Å². The van der Waals surface area contributed by atoms with Gasteiger partial charge in [0, 0.05) is 66.9 Å². The molecule has 3 aromatic rings. The maximum Gasteiger partial charge on any atom is 0.413 e. The topological polar surface area (TPSA) is 156 Å². The molecule has 11 nitrogen and oxygen atoms in total. The predicted octanol–water partition coefficient (Wildman–Crippen LogP) is 4.75. The minimum Gasteiger partial charge on any atom is -0.398 e. The number of likely N-dealkylation sites (tertiary alicyclic amines) is 1. The zero-order valence-corrected chi connectivity index (χ0v) is 28.5. The van der Waals surface area contributed by atoms with Gasteiger partial charge in [0.1, 0.15) is 0 Å². The normalized spacial score (nSPS) is 18.9. The van der Waals surface area contributed by atoms with Crippen LogP contribution in [0.1, 0.15) is 47.1 Å². The van der Waals surface area contributed by atoms with E-state index in [1.165, 1.54) is 7.05 Å². The van der Waals surface area contributed by atoms with E-state index in [-0.39, 0.29) is 30.0 Å². The van der Waals surface area contributed by atoms with Gasteiger partial charge in [-0.25, -0.2) is 4.79 Å². The summed E-state index contributed by atoms with van der Waals surface area (Å²) in [6, 6.07) is 17.6. The zero-order valence-electron chi connectivity index (χ0n) is 27.7. The fourth-order valence-electron chi connectivity index (χ4n) is 6.90. The Balaban J connectivity index is 1.05. The average Bonchev–Trinajstić information content (AvgIpc) is 3.69. The van der Waals surface area contributed by atoms with Crippen molar-refractivity contribution in [1.82, 2.24) is 15.1 Å². The molecule has 0 unspecified atom stereocenters. The largest absolute Gasteiger partial charge is 0.413 e. The van der Waals surface area contributed by atoms with Crippen molar-refractivity contribution in [3.05, 3.63) is 99.6 Å². The molecule has 2 saturated heterocycles. The highest BCUT2D eigenvalue weighted by Gasteiger charge is 2.51. The highest BCUT2D eigenvalue weighted by atomic mass is 35.5. The number of nitrogen functional groups attached to an aromatic ring is 1. The van der Waals surface area contributed by atoms with Crippen LogP contribution in [0.5, 0.6) is 0 Å². The Labute approximate surface area is 296 Å². The summed E-state index contributed by atoms with van der Waals surface area (Å²) in [6.07, 6.45) is 8.90. The highest BCUT2D eigenvalue weighted by Crippen LogP contribution is 2.43. The molecule has 3 aromatic carbocycles. The number of ether oxygens (including phenoxy) is 1. The van der Waals surface area contributed by atoms with E-state index < -0.39 is 11.5 Å². The number of hydrogen-bond acceptors (Lipinski definition) is 8. The standard InChI is InChI=1S/C38H38ClN7O4/c1-3-24-4-9-28(20-31(24)39)34(41)30-21-29(10-11-32(30)40)46-19-15-38(36(46)48)14-18-44(23-38)22-33(47)45-16-12-26(13-17-45)25-5-7-27(8-6-25)35(42)50-37(49)43-2/h1,4-12,20-21,41-42H,13-19,22-23,40H2,2H3,(H,43,49)/t38-/m0/s1. The third-order valence-corrected chi connectivity index (χ3v) is 10.1. The van der Waals surface area contributed by atoms with Crippen LogP contribution in [0.15, 0.2) is 66.7 Å². The van der Waals surface area contributed by atoms with Gasteiger partial charge >= 0.3 is 6.09 Å². The molecule has 0 radical (unpaired) electrons. The molecule has 50 heavy (non-hydrogen) atoms. The SMILES string of the molecule is C#Cc1ccc(C(=N)c2cc(N3CC[C@]4(CCN(CC(=O)N5CC=C(c6ccc(C(=N)OC(=O)NC)cc6)CC5)C4)C3=O)ccc2N)cc1Cl. The Morgan fingerprint density at radius 2 is 1.78 bits per heavy atom. The number of rotatable bonds is 7. The van der Waals surface area contributed by atoms with Crippen LogP contribution in [0.3, 0.4) is 0 Å². The molecule has 1 atom stereocenters. The lowest BCUT2D eigenvalue weighted by molar-refractivity contribution is -0.132. The molecule has 1 spiro atoms. The smallest absolute Gasteiger partial charge is 0.398 e. The summed E-state index contributed by atoms with van der Waals surface area (Å²) in [7, 11) is 1.43. The first-order valence-electron chi connectivity index (χ1n) is 16.4. The van der Waals surface area contributed by atoms with Gasteiger partial charge in [0.15, 0.2) is 0 Å². The van der Waals surface area contributed by atoms with E-state index in [0.717, 1.165) is 11.1 Å². The molecule has 5 N–H and O–H groups in total. The second kappa shape index (κ2) is 14.2. The first kappa shape index (κ1) is 34.4. The fraction of sp³-hybridized carbons (Fsp3) is 0.289. The van der Waals surface area contributed by atoms with Crippen LogP contribution in [0.4, 0.5) is 16.2 Å². The highest BCUT2D eigenvalue weighted by molar-refractivity contribution is 6.32. The molecule has 0 aromatic heterocycles. The lowest BCUT2D eigenvalue weighted by Crippen LogP contribution is -2.43. The van der Waals surface area contributed by atoms with Gasteiger partial charge in [0.2, 0.25) is 17.7 Å². The maximum atomic E-state index is 13.9. The van der Waals surface area contributed by atoms with E-state index in [1.54, 1.807) is 47.4 Å². The maximum absolute atomic E-state index is 13.9. The van der Waals surface area contributed by atoms with Gasteiger partial charge < -0.3 is 25.6 Å². The molecule has 12 heteroatoms. The quantitative estimate of drug-likeness (QED) is 0.121. The molecular formula is C38H38ClN7O4. The summed E-state index contributed by atoms with van der Waals surface area (Å²) in [6.45, 7) is 3.06. The number of nitrogens with two attached hydrogens (primary N) is 1.